The third-order valence-corrected chi connectivity index (χ3v) is 6.75. The summed E-state index contributed by atoms with van der Waals surface area (Å²) in [5, 5.41) is 3.67. The number of urea groups is 1. The molecule has 7 heteroatoms. The standard InChI is InChI=1S/C29H30N4O3/c1-3-36-26-18-10-9-16-24(26)31-29(35)33(20(2)21-12-5-4-6-13-21)25-17-11-19-32-27(25)30-23-15-8-7-14-22(23)28(32)34/h4-10,12-16,18,20,25H,3,11,17,19H2,1-2H3,(H,31,35). The molecule has 184 valence electrons. The van der Waals surface area contributed by atoms with Gasteiger partial charge in [-0.2, -0.15) is 0 Å². The Hall–Kier alpha value is -4.13. The average molecular weight is 483 g/mol. The van der Waals surface area contributed by atoms with Gasteiger partial charge in [-0.3, -0.25) is 9.36 Å². The minimum absolute atomic E-state index is 0.0605. The minimum atomic E-state index is -0.370. The topological polar surface area (TPSA) is 76.5 Å². The molecule has 0 bridgehead atoms. The van der Waals surface area contributed by atoms with Crippen molar-refractivity contribution in [1.29, 1.82) is 0 Å². The van der Waals surface area contributed by atoms with Gasteiger partial charge >= 0.3 is 6.03 Å². The van der Waals surface area contributed by atoms with Crippen molar-refractivity contribution in [3.63, 3.8) is 0 Å². The lowest BCUT2D eigenvalue weighted by Gasteiger charge is -2.39. The predicted molar refractivity (Wildman–Crippen MR) is 141 cm³/mol. The monoisotopic (exact) mass is 482 g/mol. The van der Waals surface area contributed by atoms with Crippen LogP contribution in [-0.2, 0) is 6.54 Å². The third kappa shape index (κ3) is 4.44. The highest BCUT2D eigenvalue weighted by Crippen LogP contribution is 2.37. The van der Waals surface area contributed by atoms with Gasteiger partial charge in [-0.25, -0.2) is 9.78 Å². The van der Waals surface area contributed by atoms with Gasteiger partial charge in [-0.05, 0) is 56.5 Å². The summed E-state index contributed by atoms with van der Waals surface area (Å²) in [4.78, 5) is 34.1. The van der Waals surface area contributed by atoms with Crippen LogP contribution in [0.25, 0.3) is 10.9 Å². The molecule has 4 aromatic rings. The van der Waals surface area contributed by atoms with E-state index in [1.165, 1.54) is 0 Å². The number of anilines is 1. The number of para-hydroxylation sites is 3. The highest BCUT2D eigenvalue weighted by molar-refractivity contribution is 5.91. The molecular formula is C29H30N4O3. The van der Waals surface area contributed by atoms with Crippen LogP contribution in [-0.4, -0.2) is 27.1 Å². The van der Waals surface area contributed by atoms with Crippen LogP contribution in [0, 0.1) is 0 Å². The summed E-state index contributed by atoms with van der Waals surface area (Å²) in [6, 6.07) is 23.9. The van der Waals surface area contributed by atoms with E-state index in [1.54, 1.807) is 4.57 Å². The SMILES string of the molecule is CCOc1ccccc1NC(=O)N(C(C)c1ccccc1)C1CCCn2c1nc1ccccc1c2=O. The second-order valence-electron chi connectivity index (χ2n) is 8.96. The van der Waals surface area contributed by atoms with Gasteiger partial charge in [0.1, 0.15) is 11.6 Å². The summed E-state index contributed by atoms with van der Waals surface area (Å²) in [5.74, 6) is 1.24. The van der Waals surface area contributed by atoms with Crippen molar-refractivity contribution in [3.8, 4) is 5.75 Å². The van der Waals surface area contributed by atoms with E-state index in [0.717, 1.165) is 12.0 Å². The summed E-state index contributed by atoms with van der Waals surface area (Å²) in [7, 11) is 0. The van der Waals surface area contributed by atoms with E-state index in [0.29, 0.717) is 47.7 Å². The van der Waals surface area contributed by atoms with E-state index in [-0.39, 0.29) is 23.7 Å². The van der Waals surface area contributed by atoms with Crippen molar-refractivity contribution in [1.82, 2.24) is 14.5 Å². The van der Waals surface area contributed by atoms with Crippen LogP contribution < -0.4 is 15.6 Å². The van der Waals surface area contributed by atoms with Gasteiger partial charge in [0.2, 0.25) is 0 Å². The molecule has 3 aromatic carbocycles. The number of ether oxygens (including phenoxy) is 1. The Bertz CT molecular complexity index is 1430. The maximum Gasteiger partial charge on any atom is 0.323 e. The largest absolute Gasteiger partial charge is 0.492 e. The molecule has 2 unspecified atom stereocenters. The molecule has 0 saturated carbocycles. The van der Waals surface area contributed by atoms with Crippen molar-refractivity contribution in [2.45, 2.75) is 45.3 Å². The van der Waals surface area contributed by atoms with E-state index < -0.39 is 0 Å². The first-order chi connectivity index (χ1) is 17.6. The summed E-state index contributed by atoms with van der Waals surface area (Å²) < 4.78 is 7.48. The van der Waals surface area contributed by atoms with Crippen molar-refractivity contribution >= 4 is 22.6 Å². The normalized spacial score (nSPS) is 15.7. The van der Waals surface area contributed by atoms with Gasteiger partial charge in [0.25, 0.3) is 5.56 Å². The molecule has 1 aliphatic heterocycles. The number of aromatic nitrogens is 2. The lowest BCUT2D eigenvalue weighted by atomic mass is 9.99. The van der Waals surface area contributed by atoms with E-state index >= 15 is 0 Å². The van der Waals surface area contributed by atoms with E-state index in [4.69, 9.17) is 9.72 Å². The Morgan fingerprint density at radius 2 is 1.81 bits per heavy atom. The lowest BCUT2D eigenvalue weighted by Crippen LogP contribution is -2.44. The summed E-state index contributed by atoms with van der Waals surface area (Å²) in [5.41, 5.74) is 2.20. The number of amides is 2. The first-order valence-corrected chi connectivity index (χ1v) is 12.4. The minimum Gasteiger partial charge on any atom is -0.492 e. The molecule has 0 radical (unpaired) electrons. The molecule has 5 rings (SSSR count). The van der Waals surface area contributed by atoms with Crippen LogP contribution in [0.3, 0.4) is 0 Å². The maximum atomic E-state index is 14.0. The highest BCUT2D eigenvalue weighted by atomic mass is 16.5. The van der Waals surface area contributed by atoms with E-state index in [2.05, 4.69) is 5.32 Å². The summed E-state index contributed by atoms with van der Waals surface area (Å²) in [6.07, 6.45) is 1.49. The molecule has 1 aromatic heterocycles. The number of nitrogens with zero attached hydrogens (tertiary/aromatic N) is 3. The highest BCUT2D eigenvalue weighted by Gasteiger charge is 2.35. The Morgan fingerprint density at radius 3 is 2.61 bits per heavy atom. The number of hydrogen-bond acceptors (Lipinski definition) is 4. The van der Waals surface area contributed by atoms with Crippen LogP contribution in [0.4, 0.5) is 10.5 Å². The molecule has 0 fully saturated rings. The number of fused-ring (bicyclic) bond motifs is 2. The number of nitrogens with one attached hydrogen (secondary N) is 1. The zero-order chi connectivity index (χ0) is 25.1. The molecular weight excluding hydrogens is 452 g/mol. The Kier molecular flexibility index (Phi) is 6.71. The number of carbonyl (C=O) groups is 1. The molecule has 2 amide bonds. The fourth-order valence-electron chi connectivity index (χ4n) is 5.00. The zero-order valence-electron chi connectivity index (χ0n) is 20.6. The number of carbonyl (C=O) groups excluding carboxylic acids is 1. The van der Waals surface area contributed by atoms with Crippen molar-refractivity contribution < 1.29 is 9.53 Å². The summed E-state index contributed by atoms with van der Waals surface area (Å²) >= 11 is 0. The quantitative estimate of drug-likeness (QED) is 0.370. The van der Waals surface area contributed by atoms with Gasteiger partial charge in [-0.15, -0.1) is 0 Å². The molecule has 0 spiro atoms. The fourth-order valence-corrected chi connectivity index (χ4v) is 5.00. The first kappa shape index (κ1) is 23.6. The molecule has 2 atom stereocenters. The van der Waals surface area contributed by atoms with Crippen LogP contribution >= 0.6 is 0 Å². The van der Waals surface area contributed by atoms with Crippen LogP contribution in [0.2, 0.25) is 0 Å². The number of rotatable bonds is 6. The first-order valence-electron chi connectivity index (χ1n) is 12.4. The molecule has 1 N–H and O–H groups in total. The van der Waals surface area contributed by atoms with Crippen molar-refractivity contribution in [2.75, 3.05) is 11.9 Å². The Morgan fingerprint density at radius 1 is 1.08 bits per heavy atom. The lowest BCUT2D eigenvalue weighted by molar-refractivity contribution is 0.140. The average Bonchev–Trinajstić information content (AvgIpc) is 2.91. The number of hydrogen-bond donors (Lipinski definition) is 1. The number of benzene rings is 3. The Balaban J connectivity index is 1.60. The van der Waals surface area contributed by atoms with Crippen molar-refractivity contribution in [3.05, 3.63) is 101 Å². The van der Waals surface area contributed by atoms with Gasteiger partial charge in [0, 0.05) is 6.54 Å². The van der Waals surface area contributed by atoms with Crippen LogP contribution in [0.5, 0.6) is 5.75 Å². The van der Waals surface area contributed by atoms with Crippen LogP contribution in [0.15, 0.2) is 83.7 Å². The second kappa shape index (κ2) is 10.2. The molecule has 0 saturated heterocycles. The second-order valence-corrected chi connectivity index (χ2v) is 8.96. The molecule has 1 aliphatic rings. The maximum absolute atomic E-state index is 14.0. The predicted octanol–water partition coefficient (Wildman–Crippen LogP) is 5.93. The summed E-state index contributed by atoms with van der Waals surface area (Å²) in [6.45, 7) is 5.01. The zero-order valence-corrected chi connectivity index (χ0v) is 20.6. The molecule has 2 heterocycles. The van der Waals surface area contributed by atoms with Crippen LogP contribution in [0.1, 0.15) is 50.2 Å². The Labute approximate surface area is 210 Å². The van der Waals surface area contributed by atoms with E-state index in [9.17, 15) is 9.59 Å². The van der Waals surface area contributed by atoms with Crippen molar-refractivity contribution in [2.24, 2.45) is 0 Å². The van der Waals surface area contributed by atoms with Gasteiger partial charge in [0.15, 0.2) is 0 Å². The smallest absolute Gasteiger partial charge is 0.323 e. The van der Waals surface area contributed by atoms with Gasteiger partial charge < -0.3 is 15.0 Å². The molecule has 7 nitrogen and oxygen atoms in total. The molecule has 0 aliphatic carbocycles. The molecule has 36 heavy (non-hydrogen) atoms. The van der Waals surface area contributed by atoms with Gasteiger partial charge in [-0.1, -0.05) is 54.6 Å². The third-order valence-electron chi connectivity index (χ3n) is 6.75. The van der Waals surface area contributed by atoms with Gasteiger partial charge in [0.05, 0.1) is 35.3 Å². The van der Waals surface area contributed by atoms with E-state index in [1.807, 2.05) is 97.6 Å². The fraction of sp³-hybridized carbons (Fsp3) is 0.276.